The number of hydrogen-bond acceptors (Lipinski definition) is 6. The van der Waals surface area contributed by atoms with Gasteiger partial charge >= 0.3 is 11.9 Å². The summed E-state index contributed by atoms with van der Waals surface area (Å²) in [6, 6.07) is 0. The molecule has 0 aromatic carbocycles. The molecule has 0 rings (SSSR count). The van der Waals surface area contributed by atoms with Gasteiger partial charge in [0.25, 0.3) is 0 Å². The molecule has 0 fully saturated rings. The molecule has 0 aromatic rings. The molecule has 0 radical (unpaired) electrons. The van der Waals surface area contributed by atoms with Gasteiger partial charge in [-0.05, 0) is 26.7 Å². The van der Waals surface area contributed by atoms with E-state index in [9.17, 15) is 14.7 Å². The maximum atomic E-state index is 11.7. The Labute approximate surface area is 114 Å². The van der Waals surface area contributed by atoms with E-state index in [1.54, 1.807) is 13.8 Å². The lowest BCUT2D eigenvalue weighted by Gasteiger charge is -2.24. The van der Waals surface area contributed by atoms with Crippen LogP contribution in [0.15, 0.2) is 0 Å². The first-order chi connectivity index (χ1) is 9.01. The zero-order valence-corrected chi connectivity index (χ0v) is 12.0. The Morgan fingerprint density at radius 1 is 0.947 bits per heavy atom. The van der Waals surface area contributed by atoms with Gasteiger partial charge in [0.1, 0.15) is 0 Å². The highest BCUT2D eigenvalue weighted by molar-refractivity contribution is 5.85. The van der Waals surface area contributed by atoms with Crippen LogP contribution >= 0.6 is 0 Å². The van der Waals surface area contributed by atoms with Gasteiger partial charge in [0.15, 0.2) is 12.2 Å². The standard InChI is InChI=1S/C13H24O6/c1-5-9(6-2)19-11(13(16)18-8-4)10(14)12(15)17-7-3/h9-11,14H,5-8H2,1-4H3/t10-,11-/m0/s1. The summed E-state index contributed by atoms with van der Waals surface area (Å²) in [5.74, 6) is -1.64. The number of rotatable bonds is 9. The second-order valence-electron chi connectivity index (χ2n) is 3.94. The van der Waals surface area contributed by atoms with Crippen molar-refractivity contribution in [1.82, 2.24) is 0 Å². The first-order valence-electron chi connectivity index (χ1n) is 6.68. The highest BCUT2D eigenvalue weighted by Crippen LogP contribution is 2.12. The number of aliphatic hydroxyl groups excluding tert-OH is 1. The molecule has 112 valence electrons. The number of aliphatic hydroxyl groups is 1. The average Bonchev–Trinajstić information content (AvgIpc) is 2.40. The quantitative estimate of drug-likeness (QED) is 0.634. The van der Waals surface area contributed by atoms with E-state index in [0.717, 1.165) is 0 Å². The highest BCUT2D eigenvalue weighted by atomic mass is 16.6. The lowest BCUT2D eigenvalue weighted by molar-refractivity contribution is -0.182. The van der Waals surface area contributed by atoms with Gasteiger partial charge in [-0.1, -0.05) is 13.8 Å². The zero-order valence-electron chi connectivity index (χ0n) is 12.0. The predicted molar refractivity (Wildman–Crippen MR) is 68.5 cm³/mol. The zero-order chi connectivity index (χ0) is 14.8. The van der Waals surface area contributed by atoms with E-state index in [1.807, 2.05) is 13.8 Å². The first-order valence-corrected chi connectivity index (χ1v) is 6.68. The van der Waals surface area contributed by atoms with E-state index in [1.165, 1.54) is 0 Å². The largest absolute Gasteiger partial charge is 0.464 e. The fourth-order valence-electron chi connectivity index (χ4n) is 1.52. The van der Waals surface area contributed by atoms with Crippen molar-refractivity contribution >= 4 is 11.9 Å². The van der Waals surface area contributed by atoms with Gasteiger partial charge in [0, 0.05) is 0 Å². The van der Waals surface area contributed by atoms with E-state index in [-0.39, 0.29) is 19.3 Å². The Bertz CT molecular complexity index is 274. The van der Waals surface area contributed by atoms with Crippen molar-refractivity contribution in [2.75, 3.05) is 13.2 Å². The van der Waals surface area contributed by atoms with Crippen LogP contribution in [0.4, 0.5) is 0 Å². The molecule has 0 heterocycles. The summed E-state index contributed by atoms with van der Waals surface area (Å²) in [4.78, 5) is 23.2. The van der Waals surface area contributed by atoms with Crippen molar-refractivity contribution in [3.63, 3.8) is 0 Å². The number of carbonyl (C=O) groups is 2. The molecule has 6 nitrogen and oxygen atoms in total. The van der Waals surface area contributed by atoms with Crippen molar-refractivity contribution in [2.24, 2.45) is 0 Å². The Morgan fingerprint density at radius 2 is 1.42 bits per heavy atom. The van der Waals surface area contributed by atoms with E-state index < -0.39 is 24.1 Å². The fourth-order valence-corrected chi connectivity index (χ4v) is 1.52. The molecule has 0 spiro atoms. The molecular weight excluding hydrogens is 252 g/mol. The van der Waals surface area contributed by atoms with E-state index >= 15 is 0 Å². The lowest BCUT2D eigenvalue weighted by Crippen LogP contribution is -2.45. The predicted octanol–water partition coefficient (Wildman–Crippen LogP) is 1.05. The van der Waals surface area contributed by atoms with Gasteiger partial charge in [-0.3, -0.25) is 0 Å². The lowest BCUT2D eigenvalue weighted by atomic mass is 10.1. The Kier molecular flexibility index (Phi) is 9.16. The summed E-state index contributed by atoms with van der Waals surface area (Å²) < 4.78 is 15.0. The second kappa shape index (κ2) is 9.75. The Hall–Kier alpha value is -1.14. The van der Waals surface area contributed by atoms with E-state index in [0.29, 0.717) is 12.8 Å². The van der Waals surface area contributed by atoms with Crippen LogP contribution in [0.3, 0.4) is 0 Å². The molecule has 0 saturated carbocycles. The van der Waals surface area contributed by atoms with Crippen molar-refractivity contribution in [1.29, 1.82) is 0 Å². The van der Waals surface area contributed by atoms with Crippen molar-refractivity contribution < 1.29 is 28.9 Å². The van der Waals surface area contributed by atoms with Gasteiger partial charge < -0.3 is 19.3 Å². The Balaban J connectivity index is 4.83. The summed E-state index contributed by atoms with van der Waals surface area (Å²) in [5.41, 5.74) is 0. The average molecular weight is 276 g/mol. The molecule has 0 aromatic heterocycles. The summed E-state index contributed by atoms with van der Waals surface area (Å²) in [6.45, 7) is 7.32. The summed E-state index contributed by atoms with van der Waals surface area (Å²) in [5, 5.41) is 9.85. The fraction of sp³-hybridized carbons (Fsp3) is 0.846. The molecule has 0 aliphatic carbocycles. The normalized spacial score (nSPS) is 14.0. The van der Waals surface area contributed by atoms with Crippen molar-refractivity contribution in [3.8, 4) is 0 Å². The minimum atomic E-state index is -1.67. The van der Waals surface area contributed by atoms with Gasteiger partial charge in [0.2, 0.25) is 0 Å². The van der Waals surface area contributed by atoms with Crippen LogP contribution in [0.2, 0.25) is 0 Å². The SMILES string of the molecule is CCOC(=O)[C@@H](O)[C@H](OC(CC)CC)C(=O)OCC. The van der Waals surface area contributed by atoms with Crippen molar-refractivity contribution in [2.45, 2.75) is 58.8 Å². The maximum Gasteiger partial charge on any atom is 0.338 e. The highest BCUT2D eigenvalue weighted by Gasteiger charge is 2.36. The Morgan fingerprint density at radius 3 is 1.84 bits per heavy atom. The molecule has 2 atom stereocenters. The smallest absolute Gasteiger partial charge is 0.338 e. The van der Waals surface area contributed by atoms with E-state index in [4.69, 9.17) is 9.47 Å². The van der Waals surface area contributed by atoms with Gasteiger partial charge in [-0.25, -0.2) is 9.59 Å². The van der Waals surface area contributed by atoms with Crippen LogP contribution in [0.25, 0.3) is 0 Å². The number of esters is 2. The molecule has 0 amide bonds. The van der Waals surface area contributed by atoms with Crippen LogP contribution in [-0.2, 0) is 23.8 Å². The number of carbonyl (C=O) groups excluding carboxylic acids is 2. The molecule has 0 unspecified atom stereocenters. The molecule has 0 bridgehead atoms. The molecule has 6 heteroatoms. The van der Waals surface area contributed by atoms with Gasteiger partial charge in [-0.2, -0.15) is 0 Å². The van der Waals surface area contributed by atoms with Crippen LogP contribution in [-0.4, -0.2) is 48.6 Å². The van der Waals surface area contributed by atoms with Crippen LogP contribution < -0.4 is 0 Å². The second-order valence-corrected chi connectivity index (χ2v) is 3.94. The van der Waals surface area contributed by atoms with Crippen LogP contribution in [0.1, 0.15) is 40.5 Å². The third-order valence-electron chi connectivity index (χ3n) is 2.58. The monoisotopic (exact) mass is 276 g/mol. The van der Waals surface area contributed by atoms with E-state index in [2.05, 4.69) is 4.74 Å². The van der Waals surface area contributed by atoms with Gasteiger partial charge in [0.05, 0.1) is 19.3 Å². The molecular formula is C13H24O6. The van der Waals surface area contributed by atoms with Crippen molar-refractivity contribution in [3.05, 3.63) is 0 Å². The first kappa shape index (κ1) is 17.9. The van der Waals surface area contributed by atoms with Crippen LogP contribution in [0.5, 0.6) is 0 Å². The molecule has 0 aliphatic heterocycles. The third-order valence-corrected chi connectivity index (χ3v) is 2.58. The maximum absolute atomic E-state index is 11.7. The van der Waals surface area contributed by atoms with Gasteiger partial charge in [-0.15, -0.1) is 0 Å². The third kappa shape index (κ3) is 6.02. The minimum absolute atomic E-state index is 0.121. The summed E-state index contributed by atoms with van der Waals surface area (Å²) in [7, 11) is 0. The molecule has 0 saturated heterocycles. The number of hydrogen-bond donors (Lipinski definition) is 1. The van der Waals surface area contributed by atoms with Crippen LogP contribution in [0, 0.1) is 0 Å². The summed E-state index contributed by atoms with van der Waals surface area (Å²) in [6.07, 6.45) is -1.90. The number of ether oxygens (including phenoxy) is 3. The molecule has 19 heavy (non-hydrogen) atoms. The topological polar surface area (TPSA) is 82.1 Å². The molecule has 1 N–H and O–H groups in total. The minimum Gasteiger partial charge on any atom is -0.464 e. The summed E-state index contributed by atoms with van der Waals surface area (Å²) >= 11 is 0. The molecule has 0 aliphatic rings.